The molecule has 3 rings (SSSR count). The van der Waals surface area contributed by atoms with Gasteiger partial charge in [-0.2, -0.15) is 0 Å². The van der Waals surface area contributed by atoms with Crippen molar-refractivity contribution < 1.29 is 0 Å². The molecule has 1 fully saturated rings. The summed E-state index contributed by atoms with van der Waals surface area (Å²) in [6.45, 7) is 4.50. The number of hydrogen-bond donors (Lipinski definition) is 1. The maximum Gasteiger partial charge on any atom is 0.0366 e. The van der Waals surface area contributed by atoms with Crippen molar-refractivity contribution >= 4 is 5.69 Å². The number of piperidine rings is 1. The minimum Gasteiger partial charge on any atom is -0.371 e. The van der Waals surface area contributed by atoms with E-state index in [1.165, 1.54) is 24.1 Å². The molecule has 3 heteroatoms. The van der Waals surface area contributed by atoms with Crippen molar-refractivity contribution in [3.8, 4) is 0 Å². The number of hydrogen-bond acceptors (Lipinski definition) is 3. The first kappa shape index (κ1) is 15.0. The maximum absolute atomic E-state index is 4.25. The fourth-order valence-electron chi connectivity index (χ4n) is 3.26. The molecule has 3 nitrogen and oxygen atoms in total. The molecule has 0 saturated carbocycles. The largest absolute Gasteiger partial charge is 0.371 e. The van der Waals surface area contributed by atoms with Gasteiger partial charge in [0.1, 0.15) is 0 Å². The summed E-state index contributed by atoms with van der Waals surface area (Å²) in [5.74, 6) is 0. The number of aromatic nitrogens is 1. The maximum atomic E-state index is 4.25. The van der Waals surface area contributed by atoms with E-state index in [9.17, 15) is 0 Å². The molecular formula is C19H25N3. The van der Waals surface area contributed by atoms with Gasteiger partial charge in [0.15, 0.2) is 0 Å². The van der Waals surface area contributed by atoms with Gasteiger partial charge in [-0.15, -0.1) is 0 Å². The normalized spacial score (nSPS) is 17.4. The van der Waals surface area contributed by atoms with Crippen molar-refractivity contribution in [2.45, 2.75) is 38.3 Å². The Morgan fingerprint density at radius 1 is 1.14 bits per heavy atom. The van der Waals surface area contributed by atoms with Crippen LogP contribution in [-0.4, -0.2) is 24.1 Å². The second-order valence-electron chi connectivity index (χ2n) is 6.01. The van der Waals surface area contributed by atoms with Crippen LogP contribution >= 0.6 is 0 Å². The van der Waals surface area contributed by atoms with Gasteiger partial charge in [-0.1, -0.05) is 31.2 Å². The second kappa shape index (κ2) is 7.41. The molecule has 2 heterocycles. The van der Waals surface area contributed by atoms with Crippen LogP contribution in [0, 0.1) is 0 Å². The van der Waals surface area contributed by atoms with Gasteiger partial charge in [-0.3, -0.25) is 4.98 Å². The predicted molar refractivity (Wildman–Crippen MR) is 92.1 cm³/mol. The number of anilines is 1. The molecular weight excluding hydrogens is 270 g/mol. The highest BCUT2D eigenvalue weighted by atomic mass is 15.1. The second-order valence-corrected chi connectivity index (χ2v) is 6.01. The van der Waals surface area contributed by atoms with E-state index in [0.29, 0.717) is 12.1 Å². The molecule has 0 unspecified atom stereocenters. The van der Waals surface area contributed by atoms with E-state index in [-0.39, 0.29) is 0 Å². The van der Waals surface area contributed by atoms with Gasteiger partial charge in [-0.25, -0.2) is 0 Å². The Hall–Kier alpha value is -1.87. The lowest BCUT2D eigenvalue weighted by molar-refractivity contribution is 0.364. The quantitative estimate of drug-likeness (QED) is 0.909. The topological polar surface area (TPSA) is 28.2 Å². The zero-order chi connectivity index (χ0) is 15.2. The monoisotopic (exact) mass is 295 g/mol. The zero-order valence-corrected chi connectivity index (χ0v) is 13.3. The highest BCUT2D eigenvalue weighted by Gasteiger charge is 2.21. The van der Waals surface area contributed by atoms with Crippen molar-refractivity contribution in [1.82, 2.24) is 10.3 Å². The van der Waals surface area contributed by atoms with Gasteiger partial charge < -0.3 is 10.2 Å². The fourth-order valence-corrected chi connectivity index (χ4v) is 3.26. The van der Waals surface area contributed by atoms with Gasteiger partial charge >= 0.3 is 0 Å². The molecule has 1 aliphatic rings. The van der Waals surface area contributed by atoms with Crippen molar-refractivity contribution in [3.63, 3.8) is 0 Å². The Bertz CT molecular complexity index is 547. The predicted octanol–water partition coefficient (Wildman–Crippen LogP) is 3.79. The number of pyridine rings is 1. The summed E-state index contributed by atoms with van der Waals surface area (Å²) < 4.78 is 0. The van der Waals surface area contributed by atoms with E-state index in [0.717, 1.165) is 19.5 Å². The Labute approximate surface area is 133 Å². The van der Waals surface area contributed by atoms with Crippen LogP contribution < -0.4 is 10.2 Å². The Balaban J connectivity index is 1.55. The molecule has 116 valence electrons. The Morgan fingerprint density at radius 3 is 2.55 bits per heavy atom. The van der Waals surface area contributed by atoms with Crippen molar-refractivity contribution in [3.05, 3.63) is 60.4 Å². The van der Waals surface area contributed by atoms with Crippen molar-refractivity contribution in [2.24, 2.45) is 0 Å². The molecule has 22 heavy (non-hydrogen) atoms. The van der Waals surface area contributed by atoms with Crippen LogP contribution in [0.25, 0.3) is 0 Å². The molecule has 1 atom stereocenters. The van der Waals surface area contributed by atoms with Gasteiger partial charge in [-0.05, 0) is 43.0 Å². The highest BCUT2D eigenvalue weighted by Crippen LogP contribution is 2.22. The standard InChI is InChI=1S/C19H25N3/c1-2-19(16-7-6-12-20-15-16)21-17-10-13-22(14-11-17)18-8-4-3-5-9-18/h3-9,12,15,17,19,21H,2,10-11,13-14H2,1H3/t19-/m1/s1. The van der Waals surface area contributed by atoms with Gasteiger partial charge in [0.05, 0.1) is 0 Å². The van der Waals surface area contributed by atoms with Gasteiger partial charge in [0.25, 0.3) is 0 Å². The number of nitrogens with one attached hydrogen (secondary N) is 1. The van der Waals surface area contributed by atoms with Gasteiger partial charge in [0.2, 0.25) is 0 Å². The highest BCUT2D eigenvalue weighted by molar-refractivity contribution is 5.46. The summed E-state index contributed by atoms with van der Waals surface area (Å²) in [6.07, 6.45) is 7.33. The van der Waals surface area contributed by atoms with E-state index < -0.39 is 0 Å². The Kier molecular flexibility index (Phi) is 5.07. The minimum absolute atomic E-state index is 0.418. The number of para-hydroxylation sites is 1. The Morgan fingerprint density at radius 2 is 1.91 bits per heavy atom. The molecule has 0 spiro atoms. The molecule has 0 bridgehead atoms. The van der Waals surface area contributed by atoms with Crippen LogP contribution in [0.1, 0.15) is 37.8 Å². The number of benzene rings is 1. The molecule has 1 aromatic heterocycles. The summed E-state index contributed by atoms with van der Waals surface area (Å²) in [4.78, 5) is 6.74. The lowest BCUT2D eigenvalue weighted by Crippen LogP contribution is -2.43. The SMILES string of the molecule is CC[C@@H](NC1CCN(c2ccccc2)CC1)c1cccnc1. The first-order valence-electron chi connectivity index (χ1n) is 8.33. The fraction of sp³-hybridized carbons (Fsp3) is 0.421. The van der Waals surface area contributed by atoms with E-state index >= 15 is 0 Å². The average molecular weight is 295 g/mol. The zero-order valence-electron chi connectivity index (χ0n) is 13.3. The molecule has 1 aromatic carbocycles. The lowest BCUT2D eigenvalue weighted by Gasteiger charge is -2.35. The molecule has 1 saturated heterocycles. The average Bonchev–Trinajstić information content (AvgIpc) is 2.62. The first-order valence-corrected chi connectivity index (χ1v) is 8.33. The van der Waals surface area contributed by atoms with Gasteiger partial charge in [0, 0.05) is 43.3 Å². The lowest BCUT2D eigenvalue weighted by atomic mass is 10.00. The van der Waals surface area contributed by atoms with Crippen LogP contribution in [0.15, 0.2) is 54.9 Å². The van der Waals surface area contributed by atoms with E-state index in [2.05, 4.69) is 58.5 Å². The van der Waals surface area contributed by atoms with Crippen LogP contribution in [0.2, 0.25) is 0 Å². The smallest absolute Gasteiger partial charge is 0.0366 e. The third-order valence-electron chi connectivity index (χ3n) is 4.55. The van der Waals surface area contributed by atoms with E-state index in [1.54, 1.807) is 0 Å². The van der Waals surface area contributed by atoms with E-state index in [4.69, 9.17) is 0 Å². The third kappa shape index (κ3) is 3.66. The summed E-state index contributed by atoms with van der Waals surface area (Å²) >= 11 is 0. The van der Waals surface area contributed by atoms with Crippen molar-refractivity contribution in [1.29, 1.82) is 0 Å². The third-order valence-corrected chi connectivity index (χ3v) is 4.55. The van der Waals surface area contributed by atoms with Crippen LogP contribution in [0.4, 0.5) is 5.69 Å². The summed E-state index contributed by atoms with van der Waals surface area (Å²) in [5, 5.41) is 3.83. The molecule has 0 aliphatic carbocycles. The summed E-state index contributed by atoms with van der Waals surface area (Å²) in [5.41, 5.74) is 2.65. The van der Waals surface area contributed by atoms with Crippen LogP contribution in [0.5, 0.6) is 0 Å². The molecule has 0 amide bonds. The van der Waals surface area contributed by atoms with Crippen LogP contribution in [-0.2, 0) is 0 Å². The van der Waals surface area contributed by atoms with E-state index in [1.807, 2.05) is 18.5 Å². The number of nitrogens with zero attached hydrogens (tertiary/aromatic N) is 2. The summed E-state index contributed by atoms with van der Waals surface area (Å²) in [6, 6.07) is 16.0. The molecule has 2 aromatic rings. The number of rotatable bonds is 5. The molecule has 1 aliphatic heterocycles. The first-order chi connectivity index (χ1) is 10.9. The molecule has 1 N–H and O–H groups in total. The molecule has 0 radical (unpaired) electrons. The van der Waals surface area contributed by atoms with Crippen LogP contribution in [0.3, 0.4) is 0 Å². The van der Waals surface area contributed by atoms with Crippen molar-refractivity contribution in [2.75, 3.05) is 18.0 Å². The summed E-state index contributed by atoms with van der Waals surface area (Å²) in [7, 11) is 0. The minimum atomic E-state index is 0.418.